The second-order valence-electron chi connectivity index (χ2n) is 11.3. The van der Waals surface area contributed by atoms with Crippen LogP contribution in [0.1, 0.15) is 88.0 Å². The van der Waals surface area contributed by atoms with Gasteiger partial charge in [0, 0.05) is 4.90 Å². The van der Waals surface area contributed by atoms with Gasteiger partial charge < -0.3 is 4.74 Å². The number of sulfonamides is 1. The van der Waals surface area contributed by atoms with E-state index in [2.05, 4.69) is 17.6 Å². The highest BCUT2D eigenvalue weighted by Crippen LogP contribution is 2.38. The third-order valence-corrected chi connectivity index (χ3v) is 12.1. The van der Waals surface area contributed by atoms with Gasteiger partial charge in [-0.05, 0) is 70.2 Å². The minimum atomic E-state index is -4.50. The van der Waals surface area contributed by atoms with Crippen LogP contribution in [-0.2, 0) is 29.3 Å². The number of nitrogens with zero attached hydrogens (tertiary/aromatic N) is 1. The van der Waals surface area contributed by atoms with Crippen molar-refractivity contribution < 1.29 is 22.2 Å². The number of benzene rings is 3. The second kappa shape index (κ2) is 12.3. The summed E-state index contributed by atoms with van der Waals surface area (Å²) in [5.74, 6) is -0.802. The molecule has 0 N–H and O–H groups in total. The van der Waals surface area contributed by atoms with Crippen molar-refractivity contribution in [2.24, 2.45) is 3.77 Å². The number of ether oxygens (including phenoxy) is 1. The molecular weight excluding hydrogens is 554 g/mol. The van der Waals surface area contributed by atoms with Crippen LogP contribution in [0, 0.1) is 0 Å². The summed E-state index contributed by atoms with van der Waals surface area (Å²) in [5.41, 5.74) is 3.90. The Bertz CT molecular complexity index is 1640. The Morgan fingerprint density at radius 3 is 1.83 bits per heavy atom. The number of cyclic esters (lactones) is 1. The molecule has 2 unspecified atom stereocenters. The number of rotatable bonds is 8. The average Bonchev–Trinajstić information content (AvgIpc) is 3.14. The summed E-state index contributed by atoms with van der Waals surface area (Å²) in [6, 6.07) is 21.5. The van der Waals surface area contributed by atoms with Gasteiger partial charge in [-0.2, -0.15) is 8.42 Å². The Morgan fingerprint density at radius 1 is 0.780 bits per heavy atom. The van der Waals surface area contributed by atoms with Gasteiger partial charge in [0.15, 0.2) is 0 Å². The van der Waals surface area contributed by atoms with E-state index in [1.807, 2.05) is 70.2 Å². The van der Waals surface area contributed by atoms with E-state index in [4.69, 9.17) is 4.74 Å². The number of hydrogen-bond donors (Lipinski definition) is 0. The zero-order valence-corrected chi connectivity index (χ0v) is 26.2. The first-order valence-electron chi connectivity index (χ1n) is 14.0. The summed E-state index contributed by atoms with van der Waals surface area (Å²) >= 11 is 0. The van der Waals surface area contributed by atoms with Gasteiger partial charge >= 0.3 is 5.97 Å². The average molecular weight is 594 g/mol. The zero-order valence-electron chi connectivity index (χ0n) is 24.5. The van der Waals surface area contributed by atoms with Gasteiger partial charge in [-0.1, -0.05) is 102 Å². The molecule has 41 heavy (non-hydrogen) atoms. The minimum Gasteiger partial charge on any atom is -0.460 e. The molecule has 218 valence electrons. The molecule has 0 saturated heterocycles. The van der Waals surface area contributed by atoms with Crippen molar-refractivity contribution in [1.29, 1.82) is 0 Å². The van der Waals surface area contributed by atoms with Gasteiger partial charge in [0.05, 0.1) is 4.90 Å². The van der Waals surface area contributed by atoms with Crippen molar-refractivity contribution in [2.45, 2.75) is 80.8 Å². The predicted molar refractivity (Wildman–Crippen MR) is 165 cm³/mol. The smallest absolute Gasteiger partial charge is 0.323 e. The third kappa shape index (κ3) is 6.49. The van der Waals surface area contributed by atoms with Gasteiger partial charge in [-0.3, -0.25) is 4.79 Å². The molecule has 3 aromatic carbocycles. The number of carbonyl (C=O) groups excluding carboxylic acids is 1. The maximum atomic E-state index is 15.1. The molecule has 1 heterocycles. The minimum absolute atomic E-state index is 0.00226. The van der Waals surface area contributed by atoms with Crippen LogP contribution in [0.5, 0.6) is 0 Å². The van der Waals surface area contributed by atoms with Crippen LogP contribution >= 0.6 is 0 Å². The SMILES string of the molecule is CC(C)c1cc(C(C)C)c(S(=O)(=O)N=S(=O)(c2ccccc2)C2CC(c3ccccc3)=CCOC2=O)c(C(C)C)c1. The van der Waals surface area contributed by atoms with E-state index in [1.165, 1.54) is 0 Å². The summed E-state index contributed by atoms with van der Waals surface area (Å²) in [7, 11) is -8.38. The molecule has 8 heteroatoms. The van der Waals surface area contributed by atoms with Gasteiger partial charge in [0.2, 0.25) is 0 Å². The Hall–Kier alpha value is -3.23. The fourth-order valence-electron chi connectivity index (χ4n) is 5.06. The number of allylic oxidation sites excluding steroid dienone is 1. The lowest BCUT2D eigenvalue weighted by atomic mass is 9.89. The van der Waals surface area contributed by atoms with E-state index < -0.39 is 31.0 Å². The van der Waals surface area contributed by atoms with Crippen molar-refractivity contribution >= 4 is 31.3 Å². The van der Waals surface area contributed by atoms with Crippen LogP contribution in [-0.4, -0.2) is 30.5 Å². The molecule has 0 radical (unpaired) electrons. The number of hydrogen-bond acceptors (Lipinski definition) is 5. The molecule has 1 aliphatic heterocycles. The highest BCUT2D eigenvalue weighted by molar-refractivity contribution is 8.04. The molecule has 0 fully saturated rings. The Balaban J connectivity index is 2.01. The van der Waals surface area contributed by atoms with Crippen LogP contribution in [0.15, 0.2) is 92.4 Å². The van der Waals surface area contributed by atoms with Gasteiger partial charge in [0.25, 0.3) is 10.0 Å². The van der Waals surface area contributed by atoms with Gasteiger partial charge in [-0.25, -0.2) is 4.21 Å². The highest BCUT2D eigenvalue weighted by Gasteiger charge is 2.39. The highest BCUT2D eigenvalue weighted by atomic mass is 32.3. The fraction of sp³-hybridized carbons (Fsp3) is 0.364. The summed E-state index contributed by atoms with van der Waals surface area (Å²) in [6.45, 7) is 11.9. The van der Waals surface area contributed by atoms with Crippen LogP contribution in [0.3, 0.4) is 0 Å². The van der Waals surface area contributed by atoms with Crippen molar-refractivity contribution in [2.75, 3.05) is 6.61 Å². The topological polar surface area (TPSA) is 89.9 Å². The van der Waals surface area contributed by atoms with E-state index in [9.17, 15) is 13.2 Å². The molecular formula is C33H39NO5S2. The van der Waals surface area contributed by atoms with Crippen molar-refractivity contribution in [3.05, 3.63) is 101 Å². The fourth-order valence-corrected chi connectivity index (χ4v) is 10.1. The van der Waals surface area contributed by atoms with Gasteiger partial charge in [0.1, 0.15) is 21.6 Å². The largest absolute Gasteiger partial charge is 0.460 e. The van der Waals surface area contributed by atoms with E-state index >= 15 is 4.21 Å². The molecule has 0 bridgehead atoms. The predicted octanol–water partition coefficient (Wildman–Crippen LogP) is 7.67. The van der Waals surface area contributed by atoms with E-state index in [1.54, 1.807) is 36.4 Å². The maximum Gasteiger partial charge on any atom is 0.323 e. The van der Waals surface area contributed by atoms with Crippen LogP contribution in [0.4, 0.5) is 0 Å². The lowest BCUT2D eigenvalue weighted by Gasteiger charge is -2.23. The first-order valence-corrected chi connectivity index (χ1v) is 17.0. The molecule has 0 aliphatic carbocycles. The summed E-state index contributed by atoms with van der Waals surface area (Å²) in [4.78, 5) is 13.7. The lowest BCUT2D eigenvalue weighted by molar-refractivity contribution is -0.141. The Morgan fingerprint density at radius 2 is 1.32 bits per heavy atom. The van der Waals surface area contributed by atoms with Gasteiger partial charge in [-0.15, -0.1) is 3.77 Å². The molecule has 0 amide bonds. The number of esters is 1. The zero-order chi connectivity index (χ0) is 29.9. The van der Waals surface area contributed by atoms with E-state index in [0.29, 0.717) is 11.1 Å². The second-order valence-corrected chi connectivity index (χ2v) is 15.5. The van der Waals surface area contributed by atoms with Crippen LogP contribution in [0.25, 0.3) is 5.57 Å². The Labute approximate surface area is 245 Å². The molecule has 0 saturated carbocycles. The third-order valence-electron chi connectivity index (χ3n) is 7.38. The van der Waals surface area contributed by atoms with Crippen LogP contribution in [0.2, 0.25) is 0 Å². The molecule has 1 aliphatic rings. The molecule has 2 atom stereocenters. The molecule has 6 nitrogen and oxygen atoms in total. The van der Waals surface area contributed by atoms with Crippen molar-refractivity contribution in [3.63, 3.8) is 0 Å². The summed E-state index contributed by atoms with van der Waals surface area (Å²) < 4.78 is 53.7. The molecule has 3 aromatic rings. The maximum absolute atomic E-state index is 15.1. The van der Waals surface area contributed by atoms with E-state index in [0.717, 1.165) is 16.7 Å². The molecule has 0 spiro atoms. The lowest BCUT2D eigenvalue weighted by Crippen LogP contribution is -2.32. The monoisotopic (exact) mass is 593 g/mol. The first-order chi connectivity index (χ1) is 19.3. The first kappa shape index (κ1) is 30.7. The number of carbonyl (C=O) groups is 1. The Kier molecular flexibility index (Phi) is 9.24. The summed E-state index contributed by atoms with van der Waals surface area (Å²) in [6.07, 6.45) is 1.81. The quantitative estimate of drug-likeness (QED) is 0.250. The summed E-state index contributed by atoms with van der Waals surface area (Å²) in [5, 5.41) is -1.33. The van der Waals surface area contributed by atoms with Crippen molar-refractivity contribution in [1.82, 2.24) is 0 Å². The van der Waals surface area contributed by atoms with Crippen molar-refractivity contribution in [3.8, 4) is 0 Å². The molecule has 0 aromatic heterocycles. The standard InChI is InChI=1S/C33H39NO5S2/c1-22(2)27-19-29(23(3)4)32(30(20-27)24(5)6)41(37,38)34-40(36,28-15-11-8-12-16-28)31-21-26(17-18-39-33(31)35)25-13-9-7-10-14-25/h7-17,19-20,22-24,31H,18,21H2,1-6H3. The normalized spacial score (nSPS) is 17.6. The van der Waals surface area contributed by atoms with Crippen LogP contribution < -0.4 is 0 Å². The van der Waals surface area contributed by atoms with E-state index in [-0.39, 0.29) is 40.6 Å². The molecule has 4 rings (SSSR count).